The van der Waals surface area contributed by atoms with E-state index in [1.165, 1.54) is 6.92 Å². The normalized spacial score (nSPS) is 17.1. The van der Waals surface area contributed by atoms with Crippen LogP contribution in [0.25, 0.3) is 11.1 Å². The molecule has 0 aliphatic carbocycles. The minimum Gasteiger partial charge on any atom is -0.444 e. The summed E-state index contributed by atoms with van der Waals surface area (Å²) >= 11 is 0. The lowest BCUT2D eigenvalue weighted by molar-refractivity contribution is -0.118. The Kier molecular flexibility index (Phi) is 8.92. The average molecular weight is 483 g/mol. The maximum absolute atomic E-state index is 14.9. The highest BCUT2D eigenvalue weighted by molar-refractivity contribution is 5.72. The SMILES string of the molecule is CC(=O)NCCC[C@@H](c1ccc(F)c(-c2cccc(C)c2)c1)C1CCCN(C(=O)OC(C)(C)C)C1. The number of carbonyl (C=O) groups is 2. The van der Waals surface area contributed by atoms with Crippen molar-refractivity contribution in [3.05, 3.63) is 59.4 Å². The van der Waals surface area contributed by atoms with Gasteiger partial charge in [-0.2, -0.15) is 0 Å². The van der Waals surface area contributed by atoms with E-state index in [-0.39, 0.29) is 29.7 Å². The molecule has 0 radical (unpaired) electrons. The van der Waals surface area contributed by atoms with E-state index in [2.05, 4.69) is 5.32 Å². The molecule has 2 aromatic carbocycles. The Morgan fingerprint density at radius 2 is 1.97 bits per heavy atom. The van der Waals surface area contributed by atoms with Crippen molar-refractivity contribution < 1.29 is 18.7 Å². The van der Waals surface area contributed by atoms with Crippen molar-refractivity contribution in [2.75, 3.05) is 19.6 Å². The first-order valence-corrected chi connectivity index (χ1v) is 12.6. The molecule has 0 bridgehead atoms. The van der Waals surface area contributed by atoms with Gasteiger partial charge in [-0.05, 0) is 88.5 Å². The molecule has 2 aromatic rings. The summed E-state index contributed by atoms with van der Waals surface area (Å²) in [4.78, 5) is 25.9. The summed E-state index contributed by atoms with van der Waals surface area (Å²) in [6, 6.07) is 13.3. The molecular weight excluding hydrogens is 443 g/mol. The quantitative estimate of drug-likeness (QED) is 0.462. The second-order valence-corrected chi connectivity index (χ2v) is 10.7. The van der Waals surface area contributed by atoms with Crippen LogP contribution in [0.5, 0.6) is 0 Å². The molecule has 3 rings (SSSR count). The highest BCUT2D eigenvalue weighted by Gasteiger charge is 2.32. The minimum absolute atomic E-state index is 0.0427. The summed E-state index contributed by atoms with van der Waals surface area (Å²) in [5, 5.41) is 2.88. The zero-order valence-corrected chi connectivity index (χ0v) is 21.7. The van der Waals surface area contributed by atoms with Crippen LogP contribution in [0.3, 0.4) is 0 Å². The first-order valence-electron chi connectivity index (χ1n) is 12.6. The van der Waals surface area contributed by atoms with E-state index in [1.807, 2.05) is 69.0 Å². The van der Waals surface area contributed by atoms with Crippen molar-refractivity contribution in [1.29, 1.82) is 0 Å². The summed E-state index contributed by atoms with van der Waals surface area (Å²) in [7, 11) is 0. The molecule has 1 N–H and O–H groups in total. The van der Waals surface area contributed by atoms with E-state index in [1.54, 1.807) is 6.07 Å². The number of hydrogen-bond donors (Lipinski definition) is 1. The van der Waals surface area contributed by atoms with Crippen molar-refractivity contribution in [2.45, 2.75) is 71.8 Å². The third kappa shape index (κ3) is 7.81. The maximum Gasteiger partial charge on any atom is 0.410 e. The number of aryl methyl sites for hydroxylation is 1. The summed E-state index contributed by atoms with van der Waals surface area (Å²) < 4.78 is 20.5. The number of amides is 2. The lowest BCUT2D eigenvalue weighted by Gasteiger charge is -2.38. The van der Waals surface area contributed by atoms with Gasteiger partial charge in [-0.25, -0.2) is 9.18 Å². The molecule has 1 fully saturated rings. The average Bonchev–Trinajstić information content (AvgIpc) is 2.78. The Morgan fingerprint density at radius 1 is 1.20 bits per heavy atom. The number of rotatable bonds is 7. The number of ether oxygens (including phenoxy) is 1. The lowest BCUT2D eigenvalue weighted by atomic mass is 9.78. The van der Waals surface area contributed by atoms with E-state index >= 15 is 0 Å². The second-order valence-electron chi connectivity index (χ2n) is 10.7. The number of likely N-dealkylation sites (tertiary alicyclic amines) is 1. The standard InChI is InChI=1S/C29H39FN2O3/c1-20-9-6-10-22(17-20)26-18-23(13-14-27(26)30)25(12-7-15-31-21(2)33)24-11-8-16-32(19-24)28(34)35-29(3,4)5/h6,9-10,13-14,17-18,24-25H,7-8,11-12,15-16,19H2,1-5H3,(H,31,33)/t24?,25-/m0/s1. The monoisotopic (exact) mass is 482 g/mol. The predicted octanol–water partition coefficient (Wildman–Crippen LogP) is 6.45. The molecule has 0 saturated carbocycles. The van der Waals surface area contributed by atoms with E-state index in [0.717, 1.165) is 42.4 Å². The molecule has 190 valence electrons. The molecule has 35 heavy (non-hydrogen) atoms. The van der Waals surface area contributed by atoms with Gasteiger partial charge >= 0.3 is 6.09 Å². The number of benzene rings is 2. The Hall–Kier alpha value is -2.89. The van der Waals surface area contributed by atoms with Gasteiger partial charge in [-0.15, -0.1) is 0 Å². The van der Waals surface area contributed by atoms with Crippen LogP contribution in [0.1, 0.15) is 70.4 Å². The molecule has 1 aliphatic heterocycles. The van der Waals surface area contributed by atoms with Crippen LogP contribution >= 0.6 is 0 Å². The van der Waals surface area contributed by atoms with Crippen molar-refractivity contribution in [3.8, 4) is 11.1 Å². The Labute approximate surface area is 209 Å². The van der Waals surface area contributed by atoms with E-state index in [4.69, 9.17) is 4.74 Å². The van der Waals surface area contributed by atoms with Crippen LogP contribution in [0, 0.1) is 18.7 Å². The molecule has 6 heteroatoms. The van der Waals surface area contributed by atoms with Gasteiger partial charge in [0.25, 0.3) is 0 Å². The number of nitrogens with one attached hydrogen (secondary N) is 1. The second kappa shape index (κ2) is 11.7. The third-order valence-electron chi connectivity index (χ3n) is 6.49. The van der Waals surface area contributed by atoms with Crippen molar-refractivity contribution >= 4 is 12.0 Å². The molecule has 0 spiro atoms. The Bertz CT molecular complexity index is 1030. The van der Waals surface area contributed by atoms with E-state index in [9.17, 15) is 14.0 Å². The number of nitrogens with zero attached hydrogens (tertiary/aromatic N) is 1. The third-order valence-corrected chi connectivity index (χ3v) is 6.49. The van der Waals surface area contributed by atoms with Gasteiger partial charge in [0, 0.05) is 32.1 Å². The maximum atomic E-state index is 14.9. The highest BCUT2D eigenvalue weighted by Crippen LogP contribution is 2.38. The van der Waals surface area contributed by atoms with Crippen LogP contribution in [-0.2, 0) is 9.53 Å². The van der Waals surface area contributed by atoms with Crippen LogP contribution in [0.15, 0.2) is 42.5 Å². The van der Waals surface area contributed by atoms with Crippen LogP contribution in [0.2, 0.25) is 0 Å². The molecule has 2 amide bonds. The molecule has 2 atom stereocenters. The van der Waals surface area contributed by atoms with Crippen molar-refractivity contribution in [1.82, 2.24) is 10.2 Å². The van der Waals surface area contributed by atoms with Crippen LogP contribution < -0.4 is 5.32 Å². The van der Waals surface area contributed by atoms with Crippen molar-refractivity contribution in [3.63, 3.8) is 0 Å². The fraction of sp³-hybridized carbons (Fsp3) is 0.517. The fourth-order valence-corrected chi connectivity index (χ4v) is 4.90. The first kappa shape index (κ1) is 26.7. The van der Waals surface area contributed by atoms with Crippen LogP contribution in [0.4, 0.5) is 9.18 Å². The molecule has 0 aromatic heterocycles. The number of halogens is 1. The zero-order valence-electron chi connectivity index (χ0n) is 21.7. The van der Waals surface area contributed by atoms with Gasteiger partial charge in [0.1, 0.15) is 11.4 Å². The van der Waals surface area contributed by atoms with Gasteiger partial charge in [0.15, 0.2) is 0 Å². The predicted molar refractivity (Wildman–Crippen MR) is 138 cm³/mol. The lowest BCUT2D eigenvalue weighted by Crippen LogP contribution is -2.44. The smallest absolute Gasteiger partial charge is 0.410 e. The van der Waals surface area contributed by atoms with Gasteiger partial charge in [-0.1, -0.05) is 35.9 Å². The van der Waals surface area contributed by atoms with Crippen LogP contribution in [-0.4, -0.2) is 42.1 Å². The number of carbonyl (C=O) groups excluding carboxylic acids is 2. The Balaban J connectivity index is 1.87. The fourth-order valence-electron chi connectivity index (χ4n) is 4.90. The number of piperidine rings is 1. The first-order chi connectivity index (χ1) is 16.5. The van der Waals surface area contributed by atoms with Gasteiger partial charge in [0.2, 0.25) is 5.91 Å². The summed E-state index contributed by atoms with van der Waals surface area (Å²) in [5.74, 6) is 0.0803. The topological polar surface area (TPSA) is 58.6 Å². The van der Waals surface area contributed by atoms with Gasteiger partial charge in [-0.3, -0.25) is 4.79 Å². The molecule has 1 unspecified atom stereocenters. The largest absolute Gasteiger partial charge is 0.444 e. The highest BCUT2D eigenvalue weighted by atomic mass is 19.1. The number of hydrogen-bond acceptors (Lipinski definition) is 3. The zero-order chi connectivity index (χ0) is 25.6. The van der Waals surface area contributed by atoms with Gasteiger partial charge in [0.05, 0.1) is 0 Å². The van der Waals surface area contributed by atoms with E-state index < -0.39 is 5.60 Å². The summed E-state index contributed by atoms with van der Waals surface area (Å²) in [5.41, 5.74) is 3.07. The molecule has 1 aliphatic rings. The van der Waals surface area contributed by atoms with E-state index in [0.29, 0.717) is 25.2 Å². The minimum atomic E-state index is -0.540. The molecular formula is C29H39FN2O3. The summed E-state index contributed by atoms with van der Waals surface area (Å²) in [6.07, 6.45) is 3.26. The van der Waals surface area contributed by atoms with Gasteiger partial charge < -0.3 is 15.0 Å². The van der Waals surface area contributed by atoms with Crippen molar-refractivity contribution in [2.24, 2.45) is 5.92 Å². The molecule has 5 nitrogen and oxygen atoms in total. The molecule has 1 saturated heterocycles. The Morgan fingerprint density at radius 3 is 2.66 bits per heavy atom. The summed E-state index contributed by atoms with van der Waals surface area (Å²) in [6.45, 7) is 11.0. The molecule has 1 heterocycles.